The standard InChI is InChI=1S/C6H4F2O/c1-4-2-5(7)3-6(8)9-4/h2-3H,1H2. The van der Waals surface area contributed by atoms with Gasteiger partial charge in [0, 0.05) is 12.2 Å². The van der Waals surface area contributed by atoms with E-state index in [1.807, 2.05) is 0 Å². The van der Waals surface area contributed by atoms with E-state index in [2.05, 4.69) is 11.3 Å². The Kier molecular flexibility index (Phi) is 1.34. The molecular weight excluding hydrogens is 126 g/mol. The van der Waals surface area contributed by atoms with Crippen molar-refractivity contribution in [2.45, 2.75) is 0 Å². The van der Waals surface area contributed by atoms with Crippen LogP contribution in [0.2, 0.25) is 0 Å². The fourth-order valence-corrected chi connectivity index (χ4v) is 0.488. The third-order valence-corrected chi connectivity index (χ3v) is 0.779. The predicted molar refractivity (Wildman–Crippen MR) is 28.6 cm³/mol. The van der Waals surface area contributed by atoms with E-state index < -0.39 is 11.8 Å². The van der Waals surface area contributed by atoms with Gasteiger partial charge in [0.05, 0.1) is 0 Å². The molecule has 1 aliphatic rings. The normalized spacial score (nSPS) is 18.2. The fraction of sp³-hybridized carbons (Fsp3) is 0. The van der Waals surface area contributed by atoms with E-state index in [4.69, 9.17) is 0 Å². The Morgan fingerprint density at radius 3 is 2.44 bits per heavy atom. The van der Waals surface area contributed by atoms with Crippen molar-refractivity contribution in [2.24, 2.45) is 0 Å². The zero-order chi connectivity index (χ0) is 6.85. The zero-order valence-electron chi connectivity index (χ0n) is 4.53. The van der Waals surface area contributed by atoms with Crippen LogP contribution in [-0.2, 0) is 4.74 Å². The molecule has 9 heavy (non-hydrogen) atoms. The highest BCUT2D eigenvalue weighted by atomic mass is 19.1. The summed E-state index contributed by atoms with van der Waals surface area (Å²) in [6.07, 6.45) is 1.65. The molecular formula is C6H4F2O. The minimum atomic E-state index is -0.958. The summed E-state index contributed by atoms with van der Waals surface area (Å²) in [4.78, 5) is 0. The summed E-state index contributed by atoms with van der Waals surface area (Å²) in [5.41, 5.74) is 0. The molecule has 0 amide bonds. The molecule has 0 aromatic carbocycles. The molecule has 3 heteroatoms. The number of allylic oxidation sites excluding steroid dienone is 3. The van der Waals surface area contributed by atoms with Crippen LogP contribution in [0.15, 0.2) is 36.3 Å². The van der Waals surface area contributed by atoms with Gasteiger partial charge in [-0.15, -0.1) is 0 Å². The Labute approximate surface area is 50.9 Å². The molecule has 1 heterocycles. The van der Waals surface area contributed by atoms with Crippen LogP contribution in [0.4, 0.5) is 8.78 Å². The maximum atomic E-state index is 12.1. The summed E-state index contributed by atoms with van der Waals surface area (Å²) in [6, 6.07) is -0.958. The van der Waals surface area contributed by atoms with Gasteiger partial charge in [0.1, 0.15) is 11.6 Å². The number of ether oxygens (including phenoxy) is 1. The average molecular weight is 130 g/mol. The second kappa shape index (κ2) is 2.01. The highest BCUT2D eigenvalue weighted by Crippen LogP contribution is 2.18. The molecule has 0 aliphatic carbocycles. The van der Waals surface area contributed by atoms with Gasteiger partial charge in [-0.3, -0.25) is 0 Å². The lowest BCUT2D eigenvalue weighted by Crippen LogP contribution is -1.90. The SMILES string of the molecule is C=C1C=C(F)C=C(F)O1. The molecule has 0 aromatic heterocycles. The summed E-state index contributed by atoms with van der Waals surface area (Å²) in [5.74, 6) is -0.698. The molecule has 1 rings (SSSR count). The number of hydrogen-bond acceptors (Lipinski definition) is 1. The topological polar surface area (TPSA) is 9.23 Å². The van der Waals surface area contributed by atoms with Crippen LogP contribution >= 0.6 is 0 Å². The number of halogens is 2. The van der Waals surface area contributed by atoms with Crippen molar-refractivity contribution in [3.8, 4) is 0 Å². The van der Waals surface area contributed by atoms with Crippen LogP contribution in [0.3, 0.4) is 0 Å². The molecule has 0 saturated heterocycles. The Morgan fingerprint density at radius 1 is 1.33 bits per heavy atom. The van der Waals surface area contributed by atoms with Gasteiger partial charge < -0.3 is 4.74 Å². The van der Waals surface area contributed by atoms with Crippen molar-refractivity contribution in [1.29, 1.82) is 0 Å². The molecule has 0 saturated carbocycles. The fourth-order valence-electron chi connectivity index (χ4n) is 0.488. The summed E-state index contributed by atoms with van der Waals surface area (Å²) >= 11 is 0. The van der Waals surface area contributed by atoms with Crippen molar-refractivity contribution in [2.75, 3.05) is 0 Å². The minimum absolute atomic E-state index is 0.0208. The van der Waals surface area contributed by atoms with Crippen LogP contribution < -0.4 is 0 Å². The lowest BCUT2D eigenvalue weighted by molar-refractivity contribution is 0.219. The Hall–Kier alpha value is -1.12. The average Bonchev–Trinajstić information content (AvgIpc) is 1.59. The third kappa shape index (κ3) is 1.38. The molecule has 0 unspecified atom stereocenters. The van der Waals surface area contributed by atoms with Crippen molar-refractivity contribution < 1.29 is 13.5 Å². The summed E-state index contributed by atoms with van der Waals surface area (Å²) in [6.45, 7) is 3.20. The smallest absolute Gasteiger partial charge is 0.281 e. The van der Waals surface area contributed by atoms with Gasteiger partial charge in [-0.1, -0.05) is 6.58 Å². The monoisotopic (exact) mass is 130 g/mol. The van der Waals surface area contributed by atoms with Crippen LogP contribution in [0, 0.1) is 0 Å². The molecule has 1 aliphatic heterocycles. The second-order valence-corrected chi connectivity index (χ2v) is 1.55. The van der Waals surface area contributed by atoms with Gasteiger partial charge in [0.2, 0.25) is 0 Å². The van der Waals surface area contributed by atoms with Crippen LogP contribution in [0.5, 0.6) is 0 Å². The molecule has 0 N–H and O–H groups in total. The Bertz CT molecular complexity index is 203. The number of rotatable bonds is 0. The third-order valence-electron chi connectivity index (χ3n) is 0.779. The van der Waals surface area contributed by atoms with Crippen molar-refractivity contribution >= 4 is 0 Å². The van der Waals surface area contributed by atoms with Gasteiger partial charge in [-0.05, 0) is 0 Å². The van der Waals surface area contributed by atoms with E-state index in [1.54, 1.807) is 0 Å². The van der Waals surface area contributed by atoms with Gasteiger partial charge in [0.15, 0.2) is 0 Å². The first-order chi connectivity index (χ1) is 4.18. The van der Waals surface area contributed by atoms with Crippen LogP contribution in [0.1, 0.15) is 0 Å². The van der Waals surface area contributed by atoms with E-state index in [9.17, 15) is 8.78 Å². The van der Waals surface area contributed by atoms with E-state index in [0.717, 1.165) is 6.08 Å². The van der Waals surface area contributed by atoms with E-state index in [0.29, 0.717) is 6.08 Å². The molecule has 0 atom stereocenters. The largest absolute Gasteiger partial charge is 0.432 e. The Morgan fingerprint density at radius 2 is 2.00 bits per heavy atom. The first-order valence-electron chi connectivity index (χ1n) is 2.29. The van der Waals surface area contributed by atoms with Gasteiger partial charge >= 0.3 is 0 Å². The van der Waals surface area contributed by atoms with Gasteiger partial charge in [-0.2, -0.15) is 4.39 Å². The molecule has 0 spiro atoms. The molecule has 48 valence electrons. The highest BCUT2D eigenvalue weighted by molar-refractivity contribution is 5.25. The van der Waals surface area contributed by atoms with Crippen molar-refractivity contribution in [3.05, 3.63) is 36.3 Å². The van der Waals surface area contributed by atoms with Crippen LogP contribution in [0.25, 0.3) is 0 Å². The summed E-state index contributed by atoms with van der Waals surface area (Å²) in [7, 11) is 0. The second-order valence-electron chi connectivity index (χ2n) is 1.55. The Balaban J connectivity index is 2.86. The molecule has 0 bridgehead atoms. The molecule has 0 radical (unpaired) electrons. The van der Waals surface area contributed by atoms with Crippen LogP contribution in [-0.4, -0.2) is 0 Å². The summed E-state index contributed by atoms with van der Waals surface area (Å²) in [5, 5.41) is 0. The molecule has 0 fully saturated rings. The van der Waals surface area contributed by atoms with Crippen molar-refractivity contribution in [1.82, 2.24) is 0 Å². The minimum Gasteiger partial charge on any atom is -0.432 e. The number of hydrogen-bond donors (Lipinski definition) is 0. The maximum absolute atomic E-state index is 12.1. The summed E-state index contributed by atoms with van der Waals surface area (Å²) < 4.78 is 28.3. The first kappa shape index (κ1) is 6.01. The maximum Gasteiger partial charge on any atom is 0.281 e. The van der Waals surface area contributed by atoms with E-state index in [-0.39, 0.29) is 5.76 Å². The highest BCUT2D eigenvalue weighted by Gasteiger charge is 2.06. The van der Waals surface area contributed by atoms with E-state index in [1.165, 1.54) is 0 Å². The lowest BCUT2D eigenvalue weighted by Gasteiger charge is -2.04. The van der Waals surface area contributed by atoms with Gasteiger partial charge in [0.25, 0.3) is 6.01 Å². The lowest BCUT2D eigenvalue weighted by atomic mass is 10.4. The zero-order valence-corrected chi connectivity index (χ0v) is 4.53. The van der Waals surface area contributed by atoms with Crippen molar-refractivity contribution in [3.63, 3.8) is 0 Å². The van der Waals surface area contributed by atoms with Gasteiger partial charge in [-0.25, -0.2) is 4.39 Å². The predicted octanol–water partition coefficient (Wildman–Crippen LogP) is 2.19. The quantitative estimate of drug-likeness (QED) is 0.488. The molecule has 0 aromatic rings. The molecule has 1 nitrogen and oxygen atoms in total. The van der Waals surface area contributed by atoms with E-state index >= 15 is 0 Å². The first-order valence-corrected chi connectivity index (χ1v) is 2.29.